The summed E-state index contributed by atoms with van der Waals surface area (Å²) >= 11 is 0. The number of aromatic nitrogens is 2. The molecule has 3 heterocycles. The molecule has 6 nitrogen and oxygen atoms in total. The first-order valence-electron chi connectivity index (χ1n) is 8.52. The predicted molar refractivity (Wildman–Crippen MR) is 94.3 cm³/mol. The van der Waals surface area contributed by atoms with Gasteiger partial charge in [-0.15, -0.1) is 0 Å². The highest BCUT2D eigenvalue weighted by atomic mass is 16.2. The van der Waals surface area contributed by atoms with Crippen LogP contribution in [0.15, 0.2) is 36.7 Å². The number of hydrogen-bond acceptors (Lipinski definition) is 5. The minimum absolute atomic E-state index is 0.0127. The fourth-order valence-electron chi connectivity index (χ4n) is 3.37. The number of aryl methyl sites for hydroxylation is 1. The zero-order valence-corrected chi connectivity index (χ0v) is 13.5. The molecule has 0 saturated carbocycles. The Hall–Kier alpha value is -2.63. The Kier molecular flexibility index (Phi) is 4.02. The van der Waals surface area contributed by atoms with Crippen LogP contribution in [-0.4, -0.2) is 35.0 Å². The van der Waals surface area contributed by atoms with Gasteiger partial charge in [0.25, 0.3) is 0 Å². The van der Waals surface area contributed by atoms with Gasteiger partial charge in [0.2, 0.25) is 5.91 Å². The van der Waals surface area contributed by atoms with E-state index in [4.69, 9.17) is 0 Å². The molecule has 1 amide bonds. The quantitative estimate of drug-likeness (QED) is 0.908. The number of carbonyl (C=O) groups is 1. The van der Waals surface area contributed by atoms with E-state index < -0.39 is 0 Å². The number of hydrogen-bond donors (Lipinski definition) is 2. The highest BCUT2D eigenvalue weighted by Gasteiger charge is 2.24. The van der Waals surface area contributed by atoms with E-state index in [9.17, 15) is 4.79 Å². The number of rotatable bonds is 3. The summed E-state index contributed by atoms with van der Waals surface area (Å²) in [5.74, 6) is 1.63. The first-order chi connectivity index (χ1) is 11.8. The van der Waals surface area contributed by atoms with Crippen LogP contribution >= 0.6 is 0 Å². The lowest BCUT2D eigenvalue weighted by molar-refractivity contribution is -0.116. The normalized spacial score (nSPS) is 20.2. The van der Waals surface area contributed by atoms with Crippen LogP contribution < -0.4 is 15.5 Å². The van der Waals surface area contributed by atoms with Crippen LogP contribution in [0.2, 0.25) is 0 Å². The molecule has 1 aromatic carbocycles. The molecule has 24 heavy (non-hydrogen) atoms. The summed E-state index contributed by atoms with van der Waals surface area (Å²) < 4.78 is 0. The Morgan fingerprint density at radius 3 is 2.88 bits per heavy atom. The maximum Gasteiger partial charge on any atom is 0.246 e. The third-order valence-corrected chi connectivity index (χ3v) is 4.70. The Morgan fingerprint density at radius 2 is 2.00 bits per heavy atom. The lowest BCUT2D eigenvalue weighted by Gasteiger charge is -2.19. The number of para-hydroxylation sites is 1. The lowest BCUT2D eigenvalue weighted by atomic mass is 10.1. The van der Waals surface area contributed by atoms with E-state index in [1.165, 1.54) is 18.4 Å². The maximum absolute atomic E-state index is 12.5. The summed E-state index contributed by atoms with van der Waals surface area (Å²) in [7, 11) is 0. The Bertz CT molecular complexity index is 742. The third kappa shape index (κ3) is 3.04. The van der Waals surface area contributed by atoms with Gasteiger partial charge in [0.05, 0.1) is 0 Å². The smallest absolute Gasteiger partial charge is 0.246 e. The minimum atomic E-state index is -0.293. The average Bonchev–Trinajstić information content (AvgIpc) is 3.09. The van der Waals surface area contributed by atoms with Crippen molar-refractivity contribution in [1.29, 1.82) is 0 Å². The number of amides is 1. The Balaban J connectivity index is 1.49. The van der Waals surface area contributed by atoms with Gasteiger partial charge in [-0.3, -0.25) is 4.79 Å². The van der Waals surface area contributed by atoms with Crippen LogP contribution in [0.25, 0.3) is 0 Å². The number of benzene rings is 1. The Labute approximate surface area is 141 Å². The maximum atomic E-state index is 12.5. The highest BCUT2D eigenvalue weighted by Crippen LogP contribution is 2.24. The van der Waals surface area contributed by atoms with Gasteiger partial charge < -0.3 is 15.5 Å². The first-order valence-corrected chi connectivity index (χ1v) is 8.52. The van der Waals surface area contributed by atoms with Crippen LogP contribution in [0, 0.1) is 0 Å². The van der Waals surface area contributed by atoms with Crippen molar-refractivity contribution in [3.63, 3.8) is 0 Å². The van der Waals surface area contributed by atoms with E-state index in [-0.39, 0.29) is 11.9 Å². The number of fused-ring (bicyclic) bond motifs is 1. The predicted octanol–water partition coefficient (Wildman–Crippen LogP) is 2.44. The molecule has 2 aliphatic heterocycles. The number of nitrogens with zero attached hydrogens (tertiary/aromatic N) is 3. The lowest BCUT2D eigenvalue weighted by Crippen LogP contribution is -2.34. The number of nitrogens with one attached hydrogen (secondary N) is 2. The van der Waals surface area contributed by atoms with Crippen LogP contribution in [-0.2, 0) is 11.2 Å². The first kappa shape index (κ1) is 14.9. The van der Waals surface area contributed by atoms with Crippen molar-refractivity contribution < 1.29 is 4.79 Å². The summed E-state index contributed by atoms with van der Waals surface area (Å²) in [5, 5.41) is 6.29. The van der Waals surface area contributed by atoms with Gasteiger partial charge >= 0.3 is 0 Å². The zero-order chi connectivity index (χ0) is 16.4. The van der Waals surface area contributed by atoms with Crippen LogP contribution in [0.4, 0.5) is 17.3 Å². The fraction of sp³-hybridized carbons (Fsp3) is 0.389. The molecule has 0 spiro atoms. The molecule has 0 bridgehead atoms. The molecule has 1 aromatic heterocycles. The van der Waals surface area contributed by atoms with Crippen LogP contribution in [0.1, 0.15) is 24.8 Å². The summed E-state index contributed by atoms with van der Waals surface area (Å²) in [6.45, 7) is 2.07. The van der Waals surface area contributed by atoms with Crippen LogP contribution in [0.3, 0.4) is 0 Å². The number of anilines is 3. The molecule has 0 radical (unpaired) electrons. The topological polar surface area (TPSA) is 70.2 Å². The monoisotopic (exact) mass is 323 g/mol. The SMILES string of the molecule is O=C1Nc2ccccc2CCC1Nc1cc(N2CCCC2)ncn1. The van der Waals surface area contributed by atoms with Crippen molar-refractivity contribution in [2.45, 2.75) is 31.7 Å². The molecule has 2 aromatic rings. The molecule has 1 saturated heterocycles. The van der Waals surface area contributed by atoms with Gasteiger partial charge in [-0.2, -0.15) is 0 Å². The molecule has 4 rings (SSSR count). The van der Waals surface area contributed by atoms with Gasteiger partial charge in [-0.1, -0.05) is 18.2 Å². The molecule has 6 heteroatoms. The second kappa shape index (κ2) is 6.47. The largest absolute Gasteiger partial charge is 0.358 e. The molecule has 1 unspecified atom stereocenters. The molecular weight excluding hydrogens is 302 g/mol. The van der Waals surface area contributed by atoms with Gasteiger partial charge in [-0.25, -0.2) is 9.97 Å². The second-order valence-corrected chi connectivity index (χ2v) is 6.34. The number of carbonyl (C=O) groups excluding carboxylic acids is 1. The van der Waals surface area contributed by atoms with Crippen molar-refractivity contribution in [3.05, 3.63) is 42.2 Å². The second-order valence-electron chi connectivity index (χ2n) is 6.34. The summed E-state index contributed by atoms with van der Waals surface area (Å²) in [4.78, 5) is 23.4. The fourth-order valence-corrected chi connectivity index (χ4v) is 3.37. The van der Waals surface area contributed by atoms with E-state index in [2.05, 4.69) is 31.6 Å². The molecule has 1 fully saturated rings. The van der Waals surface area contributed by atoms with E-state index in [1.807, 2.05) is 24.3 Å². The highest BCUT2D eigenvalue weighted by molar-refractivity contribution is 5.97. The summed E-state index contributed by atoms with van der Waals surface area (Å²) in [5.41, 5.74) is 2.09. The molecule has 0 aliphatic carbocycles. The van der Waals surface area contributed by atoms with Crippen molar-refractivity contribution in [2.75, 3.05) is 28.6 Å². The molecule has 1 atom stereocenters. The van der Waals surface area contributed by atoms with Crippen molar-refractivity contribution in [3.8, 4) is 0 Å². The average molecular weight is 323 g/mol. The van der Waals surface area contributed by atoms with Crippen LogP contribution in [0.5, 0.6) is 0 Å². The van der Waals surface area contributed by atoms with Crippen molar-refractivity contribution in [1.82, 2.24) is 9.97 Å². The van der Waals surface area contributed by atoms with Gasteiger partial charge in [0.15, 0.2) is 0 Å². The van der Waals surface area contributed by atoms with Gasteiger partial charge in [0, 0.05) is 24.8 Å². The van der Waals surface area contributed by atoms with E-state index >= 15 is 0 Å². The van der Waals surface area contributed by atoms with Gasteiger partial charge in [-0.05, 0) is 37.3 Å². The standard InChI is InChI=1S/C18H21N5O/c24-18-15(8-7-13-5-1-2-6-14(13)22-18)21-16-11-17(20-12-19-16)23-9-3-4-10-23/h1-2,5-6,11-12,15H,3-4,7-10H2,(H,22,24)(H,19,20,21). The van der Waals surface area contributed by atoms with E-state index in [0.29, 0.717) is 5.82 Å². The molecule has 2 N–H and O–H groups in total. The van der Waals surface area contributed by atoms with Crippen molar-refractivity contribution in [2.24, 2.45) is 0 Å². The van der Waals surface area contributed by atoms with E-state index in [0.717, 1.165) is 37.4 Å². The van der Waals surface area contributed by atoms with Crippen molar-refractivity contribution >= 4 is 23.2 Å². The van der Waals surface area contributed by atoms with Gasteiger partial charge in [0.1, 0.15) is 24.0 Å². The zero-order valence-electron chi connectivity index (χ0n) is 13.5. The summed E-state index contributed by atoms with van der Waals surface area (Å²) in [6.07, 6.45) is 5.58. The summed E-state index contributed by atoms with van der Waals surface area (Å²) in [6, 6.07) is 9.61. The third-order valence-electron chi connectivity index (χ3n) is 4.70. The molecular formula is C18H21N5O. The molecule has 2 aliphatic rings. The minimum Gasteiger partial charge on any atom is -0.358 e. The Morgan fingerprint density at radius 1 is 1.17 bits per heavy atom. The molecule has 124 valence electrons. The van der Waals surface area contributed by atoms with E-state index in [1.54, 1.807) is 6.33 Å².